The number of thioether (sulfide) groups is 1. The average molecular weight is 419 g/mol. The Labute approximate surface area is 170 Å². The number of halogens is 2. The van der Waals surface area contributed by atoms with Crippen molar-refractivity contribution in [2.75, 3.05) is 20.1 Å². The maximum Gasteiger partial charge on any atom is 0.256 e. The van der Waals surface area contributed by atoms with Crippen LogP contribution in [0.5, 0.6) is 0 Å². The quantitative estimate of drug-likeness (QED) is 0.750. The summed E-state index contributed by atoms with van der Waals surface area (Å²) in [5, 5.41) is 8.00. The lowest BCUT2D eigenvalue weighted by Gasteiger charge is -2.32. The summed E-state index contributed by atoms with van der Waals surface area (Å²) in [5.41, 5.74) is 1.52. The number of aryl methyl sites for hydroxylation is 1. The molecular formula is C17H24Cl2N4O2S. The molecular weight excluding hydrogens is 395 g/mol. The van der Waals surface area contributed by atoms with Crippen molar-refractivity contribution in [3.8, 4) is 0 Å². The number of likely N-dealkylation sites (N-methyl/N-ethyl adjacent to an activating group) is 1. The molecule has 26 heavy (non-hydrogen) atoms. The van der Waals surface area contributed by atoms with E-state index in [1.54, 1.807) is 6.20 Å². The van der Waals surface area contributed by atoms with Gasteiger partial charge < -0.3 is 14.7 Å². The number of piperidine rings is 1. The Hall–Kier alpha value is -1.28. The van der Waals surface area contributed by atoms with E-state index in [2.05, 4.69) is 15.5 Å². The first kappa shape index (κ1) is 22.8. The Kier molecular flexibility index (Phi) is 9.43. The maximum atomic E-state index is 12.9. The van der Waals surface area contributed by atoms with Crippen molar-refractivity contribution in [3.05, 3.63) is 41.4 Å². The molecule has 1 aliphatic rings. The van der Waals surface area contributed by atoms with Crippen molar-refractivity contribution in [1.29, 1.82) is 0 Å². The molecule has 6 nitrogen and oxygen atoms in total. The topological polar surface area (TPSA) is 71.3 Å². The predicted octanol–water partition coefficient (Wildman–Crippen LogP) is 3.34. The minimum absolute atomic E-state index is 0. The molecule has 0 radical (unpaired) electrons. The summed E-state index contributed by atoms with van der Waals surface area (Å²) in [6, 6.07) is 5.94. The summed E-state index contributed by atoms with van der Waals surface area (Å²) in [6.07, 6.45) is 3.86. The molecule has 1 atom stereocenters. The Bertz CT molecular complexity index is 714. The standard InChI is InChI=1S/C17H22N4O2S.2ClH/c1-12-9-14(20-23-12)11-24-16-15(6-3-7-19-16)17(22)21-8-4-5-13(10-21)18-2;;/h3,6-7,9,13,18H,4-5,8,10-11H2,1-2H3;2*1H. The Morgan fingerprint density at radius 1 is 1.46 bits per heavy atom. The largest absolute Gasteiger partial charge is 0.361 e. The number of nitrogens with zero attached hydrogens (tertiary/aromatic N) is 3. The molecule has 2 aromatic rings. The minimum atomic E-state index is 0. The van der Waals surface area contributed by atoms with Gasteiger partial charge in [-0.15, -0.1) is 24.8 Å². The van der Waals surface area contributed by atoms with Crippen LogP contribution in [-0.4, -0.2) is 47.1 Å². The highest BCUT2D eigenvalue weighted by atomic mass is 35.5. The number of aromatic nitrogens is 2. The van der Waals surface area contributed by atoms with Gasteiger partial charge in [0.05, 0.1) is 11.3 Å². The van der Waals surface area contributed by atoms with Crippen LogP contribution in [0.2, 0.25) is 0 Å². The molecule has 0 aliphatic carbocycles. The van der Waals surface area contributed by atoms with Gasteiger partial charge in [-0.05, 0) is 38.9 Å². The van der Waals surface area contributed by atoms with E-state index in [-0.39, 0.29) is 30.7 Å². The first-order chi connectivity index (χ1) is 11.7. The number of nitrogens with one attached hydrogen (secondary N) is 1. The van der Waals surface area contributed by atoms with E-state index < -0.39 is 0 Å². The Balaban J connectivity index is 0.00000169. The molecule has 1 unspecified atom stereocenters. The third kappa shape index (κ3) is 5.61. The molecule has 1 aliphatic heterocycles. The van der Waals surface area contributed by atoms with E-state index in [1.165, 1.54) is 11.8 Å². The van der Waals surface area contributed by atoms with Crippen LogP contribution in [0.25, 0.3) is 0 Å². The molecule has 0 aromatic carbocycles. The normalized spacial score (nSPS) is 16.5. The Morgan fingerprint density at radius 3 is 2.96 bits per heavy atom. The molecule has 3 heterocycles. The Morgan fingerprint density at radius 2 is 2.27 bits per heavy atom. The zero-order chi connectivity index (χ0) is 16.9. The average Bonchev–Trinajstić information content (AvgIpc) is 3.05. The van der Waals surface area contributed by atoms with Gasteiger partial charge in [0.15, 0.2) is 0 Å². The number of hydrogen-bond acceptors (Lipinski definition) is 6. The molecule has 1 saturated heterocycles. The summed E-state index contributed by atoms with van der Waals surface area (Å²) in [7, 11) is 1.95. The smallest absolute Gasteiger partial charge is 0.256 e. The van der Waals surface area contributed by atoms with Gasteiger partial charge >= 0.3 is 0 Å². The number of amides is 1. The van der Waals surface area contributed by atoms with Crippen LogP contribution in [-0.2, 0) is 5.75 Å². The minimum Gasteiger partial charge on any atom is -0.361 e. The SMILES string of the molecule is CNC1CCCN(C(=O)c2cccnc2SCc2cc(C)on2)C1.Cl.Cl. The van der Waals surface area contributed by atoms with Crippen molar-refractivity contribution < 1.29 is 9.32 Å². The summed E-state index contributed by atoms with van der Waals surface area (Å²) in [4.78, 5) is 19.2. The van der Waals surface area contributed by atoms with Crippen LogP contribution in [0.3, 0.4) is 0 Å². The van der Waals surface area contributed by atoms with Gasteiger partial charge in [0.25, 0.3) is 5.91 Å². The van der Waals surface area contributed by atoms with E-state index in [0.29, 0.717) is 17.4 Å². The molecule has 3 rings (SSSR count). The summed E-state index contributed by atoms with van der Waals surface area (Å²) in [5.74, 6) is 1.48. The van der Waals surface area contributed by atoms with E-state index in [9.17, 15) is 4.79 Å². The lowest BCUT2D eigenvalue weighted by molar-refractivity contribution is 0.0694. The molecule has 9 heteroatoms. The van der Waals surface area contributed by atoms with Crippen molar-refractivity contribution in [2.45, 2.75) is 36.6 Å². The van der Waals surface area contributed by atoms with E-state index in [4.69, 9.17) is 4.52 Å². The van der Waals surface area contributed by atoms with Crippen LogP contribution in [0.4, 0.5) is 0 Å². The summed E-state index contributed by atoms with van der Waals surface area (Å²) in [6.45, 7) is 3.42. The highest BCUT2D eigenvalue weighted by molar-refractivity contribution is 7.98. The molecule has 0 saturated carbocycles. The van der Waals surface area contributed by atoms with Crippen LogP contribution in [0.15, 0.2) is 33.9 Å². The van der Waals surface area contributed by atoms with Crippen LogP contribution in [0, 0.1) is 6.92 Å². The first-order valence-corrected chi connectivity index (χ1v) is 9.12. The molecule has 0 bridgehead atoms. The third-order valence-electron chi connectivity index (χ3n) is 4.15. The highest BCUT2D eigenvalue weighted by Crippen LogP contribution is 2.26. The van der Waals surface area contributed by atoms with Crippen molar-refractivity contribution >= 4 is 42.5 Å². The number of pyridine rings is 1. The van der Waals surface area contributed by atoms with Gasteiger partial charge in [-0.2, -0.15) is 0 Å². The van der Waals surface area contributed by atoms with Gasteiger partial charge in [0, 0.05) is 37.1 Å². The molecule has 1 amide bonds. The van der Waals surface area contributed by atoms with Gasteiger partial charge in [0.1, 0.15) is 10.8 Å². The van der Waals surface area contributed by atoms with Gasteiger partial charge in [-0.1, -0.05) is 16.9 Å². The lowest BCUT2D eigenvalue weighted by atomic mass is 10.1. The third-order valence-corrected chi connectivity index (χ3v) is 5.19. The summed E-state index contributed by atoms with van der Waals surface area (Å²) < 4.78 is 5.08. The number of carbonyl (C=O) groups excluding carboxylic acids is 1. The molecule has 144 valence electrons. The second-order valence-electron chi connectivity index (χ2n) is 5.95. The van der Waals surface area contributed by atoms with Crippen LogP contribution < -0.4 is 5.32 Å². The van der Waals surface area contributed by atoms with Crippen molar-refractivity contribution in [1.82, 2.24) is 20.4 Å². The second-order valence-corrected chi connectivity index (χ2v) is 6.92. The van der Waals surface area contributed by atoms with Crippen molar-refractivity contribution in [2.24, 2.45) is 0 Å². The van der Waals surface area contributed by atoms with Crippen molar-refractivity contribution in [3.63, 3.8) is 0 Å². The fourth-order valence-corrected chi connectivity index (χ4v) is 3.73. The van der Waals surface area contributed by atoms with Crippen LogP contribution in [0.1, 0.15) is 34.7 Å². The predicted molar refractivity (Wildman–Crippen MR) is 108 cm³/mol. The monoisotopic (exact) mass is 418 g/mol. The van der Waals surface area contributed by atoms with E-state index in [1.807, 2.05) is 37.1 Å². The number of rotatable bonds is 5. The zero-order valence-corrected chi connectivity index (χ0v) is 17.3. The molecule has 0 spiro atoms. The fraction of sp³-hybridized carbons (Fsp3) is 0.471. The zero-order valence-electron chi connectivity index (χ0n) is 14.8. The van der Waals surface area contributed by atoms with E-state index in [0.717, 1.165) is 42.4 Å². The fourth-order valence-electron chi connectivity index (χ4n) is 2.86. The number of carbonyl (C=O) groups is 1. The van der Waals surface area contributed by atoms with Crippen LogP contribution >= 0.6 is 36.6 Å². The number of hydrogen-bond donors (Lipinski definition) is 1. The second kappa shape index (κ2) is 10.8. The number of likely N-dealkylation sites (tertiary alicyclic amines) is 1. The van der Waals surface area contributed by atoms with Gasteiger partial charge in [-0.25, -0.2) is 4.98 Å². The van der Waals surface area contributed by atoms with Gasteiger partial charge in [0.2, 0.25) is 0 Å². The van der Waals surface area contributed by atoms with E-state index >= 15 is 0 Å². The molecule has 2 aromatic heterocycles. The summed E-state index contributed by atoms with van der Waals surface area (Å²) >= 11 is 1.52. The molecule has 1 fully saturated rings. The molecule has 1 N–H and O–H groups in total. The first-order valence-electron chi connectivity index (χ1n) is 8.14. The highest BCUT2D eigenvalue weighted by Gasteiger charge is 2.25. The maximum absolute atomic E-state index is 12.9. The van der Waals surface area contributed by atoms with Gasteiger partial charge in [-0.3, -0.25) is 4.79 Å². The lowest BCUT2D eigenvalue weighted by Crippen LogP contribution is -2.47.